The van der Waals surface area contributed by atoms with Gasteiger partial charge in [0, 0.05) is 18.9 Å². The van der Waals surface area contributed by atoms with Crippen LogP contribution in [-0.4, -0.2) is 18.2 Å². The fourth-order valence-corrected chi connectivity index (χ4v) is 2.44. The number of halogens is 1. The van der Waals surface area contributed by atoms with Crippen molar-refractivity contribution < 1.29 is 13.9 Å². The minimum Gasteiger partial charge on any atom is -0.490 e. The number of rotatable bonds is 1. The van der Waals surface area contributed by atoms with E-state index in [2.05, 4.69) is 20.9 Å². The molecule has 18 heavy (non-hydrogen) atoms. The van der Waals surface area contributed by atoms with E-state index in [9.17, 15) is 0 Å². The first kappa shape index (κ1) is 11.6. The molecule has 0 atom stereocenters. The van der Waals surface area contributed by atoms with Crippen LogP contribution in [0.3, 0.4) is 0 Å². The second-order valence-electron chi connectivity index (χ2n) is 4.07. The molecule has 0 amide bonds. The molecule has 0 saturated carbocycles. The predicted octanol–water partition coefficient (Wildman–Crippen LogP) is 3.57. The van der Waals surface area contributed by atoms with Crippen molar-refractivity contribution in [1.82, 2.24) is 4.98 Å². The summed E-state index contributed by atoms with van der Waals surface area (Å²) in [5.41, 5.74) is 1.73. The molecule has 1 aromatic carbocycles. The highest BCUT2D eigenvalue weighted by Gasteiger charge is 2.15. The molecule has 2 heterocycles. The second kappa shape index (κ2) is 4.65. The fourth-order valence-electron chi connectivity index (χ4n) is 1.89. The van der Waals surface area contributed by atoms with Gasteiger partial charge in [0.1, 0.15) is 5.69 Å². The third-order valence-electron chi connectivity index (χ3n) is 2.71. The number of benzene rings is 1. The molecular weight excluding hydrogens is 298 g/mol. The third kappa shape index (κ3) is 2.10. The van der Waals surface area contributed by atoms with Gasteiger partial charge in [0.05, 0.1) is 13.2 Å². The highest BCUT2D eigenvalue weighted by molar-refractivity contribution is 9.10. The van der Waals surface area contributed by atoms with E-state index in [0.717, 1.165) is 29.2 Å². The van der Waals surface area contributed by atoms with Crippen molar-refractivity contribution >= 4 is 15.9 Å². The topological polar surface area (TPSA) is 44.5 Å². The Labute approximate surface area is 113 Å². The first-order chi connectivity index (χ1) is 8.74. The largest absolute Gasteiger partial charge is 0.490 e. The number of fused-ring (bicyclic) bond motifs is 1. The maximum atomic E-state index is 5.66. The van der Waals surface area contributed by atoms with Crippen molar-refractivity contribution in [3.8, 4) is 22.8 Å². The van der Waals surface area contributed by atoms with E-state index in [0.29, 0.717) is 23.8 Å². The van der Waals surface area contributed by atoms with Gasteiger partial charge in [0.2, 0.25) is 0 Å². The number of oxazole rings is 1. The number of aromatic nitrogens is 1. The van der Waals surface area contributed by atoms with Crippen LogP contribution < -0.4 is 9.47 Å². The van der Waals surface area contributed by atoms with Crippen LogP contribution in [0.1, 0.15) is 12.3 Å². The van der Waals surface area contributed by atoms with Gasteiger partial charge in [-0.05, 0) is 34.1 Å². The van der Waals surface area contributed by atoms with Crippen molar-refractivity contribution in [2.45, 2.75) is 13.3 Å². The highest BCUT2D eigenvalue weighted by atomic mass is 79.9. The van der Waals surface area contributed by atoms with Crippen LogP contribution in [0.5, 0.6) is 11.5 Å². The summed E-state index contributed by atoms with van der Waals surface area (Å²) < 4.78 is 17.3. The molecule has 2 aromatic rings. The Bertz CT molecular complexity index is 580. The maximum absolute atomic E-state index is 5.66. The fraction of sp³-hybridized carbons (Fsp3) is 0.308. The summed E-state index contributed by atoms with van der Waals surface area (Å²) in [7, 11) is 0. The van der Waals surface area contributed by atoms with E-state index in [1.165, 1.54) is 0 Å². The number of aryl methyl sites for hydroxylation is 1. The molecule has 1 aliphatic rings. The van der Waals surface area contributed by atoms with Gasteiger partial charge in [-0.15, -0.1) is 0 Å². The summed E-state index contributed by atoms with van der Waals surface area (Å²) in [6.07, 6.45) is 0.900. The zero-order chi connectivity index (χ0) is 12.5. The molecule has 3 rings (SSSR count). The molecule has 94 valence electrons. The molecule has 0 aliphatic carbocycles. The van der Waals surface area contributed by atoms with Crippen LogP contribution in [0.2, 0.25) is 0 Å². The van der Waals surface area contributed by atoms with Crippen molar-refractivity contribution in [3.63, 3.8) is 0 Å². The SMILES string of the molecule is Cc1nc(-c2ccc3c(c2)OCCCO3)c(Br)o1. The van der Waals surface area contributed by atoms with Crippen LogP contribution in [-0.2, 0) is 0 Å². The van der Waals surface area contributed by atoms with Crippen LogP contribution in [0.4, 0.5) is 0 Å². The lowest BCUT2D eigenvalue weighted by Crippen LogP contribution is -1.97. The summed E-state index contributed by atoms with van der Waals surface area (Å²) >= 11 is 3.36. The summed E-state index contributed by atoms with van der Waals surface area (Å²) in [6, 6.07) is 5.80. The average Bonchev–Trinajstić information content (AvgIpc) is 2.58. The highest BCUT2D eigenvalue weighted by Crippen LogP contribution is 2.36. The lowest BCUT2D eigenvalue weighted by Gasteiger charge is -2.08. The Balaban J connectivity index is 2.04. The van der Waals surface area contributed by atoms with Gasteiger partial charge in [0.15, 0.2) is 22.1 Å². The minimum absolute atomic E-state index is 0.629. The third-order valence-corrected chi connectivity index (χ3v) is 3.25. The number of hydrogen-bond acceptors (Lipinski definition) is 4. The van der Waals surface area contributed by atoms with Crippen LogP contribution in [0, 0.1) is 6.92 Å². The zero-order valence-electron chi connectivity index (χ0n) is 9.90. The molecule has 1 aliphatic heterocycles. The summed E-state index contributed by atoms with van der Waals surface area (Å²) in [4.78, 5) is 4.34. The average molecular weight is 310 g/mol. The van der Waals surface area contributed by atoms with Gasteiger partial charge < -0.3 is 13.9 Å². The summed E-state index contributed by atoms with van der Waals surface area (Å²) in [5.74, 6) is 2.18. The van der Waals surface area contributed by atoms with E-state index >= 15 is 0 Å². The van der Waals surface area contributed by atoms with E-state index in [1.54, 1.807) is 0 Å². The van der Waals surface area contributed by atoms with Gasteiger partial charge in [-0.3, -0.25) is 0 Å². The van der Waals surface area contributed by atoms with E-state index in [-0.39, 0.29) is 0 Å². The van der Waals surface area contributed by atoms with Crippen molar-refractivity contribution in [2.75, 3.05) is 13.2 Å². The molecule has 0 unspecified atom stereocenters. The van der Waals surface area contributed by atoms with Crippen LogP contribution >= 0.6 is 15.9 Å². The number of ether oxygens (including phenoxy) is 2. The lowest BCUT2D eigenvalue weighted by molar-refractivity contribution is 0.297. The molecule has 0 bridgehead atoms. The Hall–Kier alpha value is -1.49. The summed E-state index contributed by atoms with van der Waals surface area (Å²) in [5, 5.41) is 0. The van der Waals surface area contributed by atoms with Gasteiger partial charge >= 0.3 is 0 Å². The zero-order valence-corrected chi connectivity index (χ0v) is 11.5. The van der Waals surface area contributed by atoms with Crippen molar-refractivity contribution in [2.24, 2.45) is 0 Å². The van der Waals surface area contributed by atoms with Crippen molar-refractivity contribution in [1.29, 1.82) is 0 Å². The summed E-state index contributed by atoms with van der Waals surface area (Å²) in [6.45, 7) is 3.19. The van der Waals surface area contributed by atoms with Crippen LogP contribution in [0.25, 0.3) is 11.3 Å². The van der Waals surface area contributed by atoms with Gasteiger partial charge in [-0.25, -0.2) is 4.98 Å². The smallest absolute Gasteiger partial charge is 0.197 e. The Morgan fingerprint density at radius 1 is 1.17 bits per heavy atom. The second-order valence-corrected chi connectivity index (χ2v) is 4.79. The molecule has 0 fully saturated rings. The molecule has 1 aromatic heterocycles. The standard InChI is InChI=1S/C13H12BrNO3/c1-8-15-12(13(14)18-8)9-3-4-10-11(7-9)17-6-2-5-16-10/h3-4,7H,2,5-6H2,1H3. The molecule has 0 saturated heterocycles. The molecule has 0 spiro atoms. The van der Waals surface area contributed by atoms with Gasteiger partial charge in [-0.1, -0.05) is 0 Å². The molecule has 4 nitrogen and oxygen atoms in total. The number of nitrogens with zero attached hydrogens (tertiary/aromatic N) is 1. The molecule has 5 heteroatoms. The predicted molar refractivity (Wildman–Crippen MR) is 70.0 cm³/mol. The van der Waals surface area contributed by atoms with E-state index < -0.39 is 0 Å². The normalized spacial score (nSPS) is 14.3. The maximum Gasteiger partial charge on any atom is 0.197 e. The van der Waals surface area contributed by atoms with E-state index in [4.69, 9.17) is 13.9 Å². The molecular formula is C13H12BrNO3. The Morgan fingerprint density at radius 3 is 2.67 bits per heavy atom. The van der Waals surface area contributed by atoms with Gasteiger partial charge in [0.25, 0.3) is 0 Å². The first-order valence-electron chi connectivity index (χ1n) is 5.77. The lowest BCUT2D eigenvalue weighted by atomic mass is 10.1. The molecule has 0 N–H and O–H groups in total. The Morgan fingerprint density at radius 2 is 1.94 bits per heavy atom. The molecule has 0 radical (unpaired) electrons. The van der Waals surface area contributed by atoms with Crippen LogP contribution in [0.15, 0.2) is 27.3 Å². The van der Waals surface area contributed by atoms with E-state index in [1.807, 2.05) is 25.1 Å². The first-order valence-corrected chi connectivity index (χ1v) is 6.56. The Kier molecular flexibility index (Phi) is 2.99. The van der Waals surface area contributed by atoms with Crippen molar-refractivity contribution in [3.05, 3.63) is 28.8 Å². The monoisotopic (exact) mass is 309 g/mol. The minimum atomic E-state index is 0.629. The van der Waals surface area contributed by atoms with Gasteiger partial charge in [-0.2, -0.15) is 0 Å². The number of hydrogen-bond donors (Lipinski definition) is 0. The quantitative estimate of drug-likeness (QED) is 0.807.